The molecule has 0 aromatic rings. The van der Waals surface area contributed by atoms with Gasteiger partial charge in [0.1, 0.15) is 6.17 Å². The quantitative estimate of drug-likeness (QED) is 0.644. The van der Waals surface area contributed by atoms with Crippen LogP contribution in [0.2, 0.25) is 0 Å². The smallest absolute Gasteiger partial charge is 0.243 e. The Hall–Kier alpha value is -0.900. The summed E-state index contributed by atoms with van der Waals surface area (Å²) in [6, 6.07) is 0. The number of carbonyl (C=O) groups is 1. The van der Waals surface area contributed by atoms with Gasteiger partial charge in [0, 0.05) is 32.8 Å². The lowest BCUT2D eigenvalue weighted by Crippen LogP contribution is -2.21. The van der Waals surface area contributed by atoms with Gasteiger partial charge in [-0.3, -0.25) is 9.69 Å². The Balaban J connectivity index is 2.19. The first-order chi connectivity index (χ1) is 6.22. The topological polar surface area (TPSA) is 32.3 Å². The Morgan fingerprint density at radius 3 is 3.08 bits per heavy atom. The molecule has 1 heterocycles. The molecule has 74 valence electrons. The van der Waals surface area contributed by atoms with E-state index < -0.39 is 6.17 Å². The summed E-state index contributed by atoms with van der Waals surface area (Å²) in [5.41, 5.74) is 0. The molecule has 0 radical (unpaired) electrons. The number of carbonyl (C=O) groups excluding carboxylic acids is 1. The molecular weight excluding hydrogens is 171 g/mol. The molecule has 1 N–H and O–H groups in total. The zero-order valence-corrected chi connectivity index (χ0v) is 7.79. The fourth-order valence-electron chi connectivity index (χ4n) is 1.34. The average Bonchev–Trinajstić information content (AvgIpc) is 2.51. The van der Waals surface area contributed by atoms with Crippen LogP contribution in [-0.2, 0) is 4.79 Å². The summed E-state index contributed by atoms with van der Waals surface area (Å²) in [7, 11) is 1.58. The predicted octanol–water partition coefficient (Wildman–Crippen LogP) is 0.332. The van der Waals surface area contributed by atoms with Crippen LogP contribution in [0.15, 0.2) is 12.2 Å². The van der Waals surface area contributed by atoms with E-state index in [0.29, 0.717) is 19.5 Å². The van der Waals surface area contributed by atoms with Crippen molar-refractivity contribution in [1.29, 1.82) is 0 Å². The Morgan fingerprint density at radius 2 is 2.54 bits per heavy atom. The van der Waals surface area contributed by atoms with Gasteiger partial charge in [-0.15, -0.1) is 0 Å². The second-order valence-corrected chi connectivity index (χ2v) is 3.16. The lowest BCUT2D eigenvalue weighted by molar-refractivity contribution is -0.116. The van der Waals surface area contributed by atoms with E-state index in [1.165, 1.54) is 6.08 Å². The molecule has 1 fully saturated rings. The lowest BCUT2D eigenvalue weighted by atomic mass is 10.3. The second kappa shape index (κ2) is 4.97. The van der Waals surface area contributed by atoms with Gasteiger partial charge >= 0.3 is 0 Å². The van der Waals surface area contributed by atoms with E-state index in [1.807, 2.05) is 4.90 Å². The van der Waals surface area contributed by atoms with Gasteiger partial charge in [-0.1, -0.05) is 6.08 Å². The largest absolute Gasteiger partial charge is 0.356 e. The van der Waals surface area contributed by atoms with Crippen LogP contribution in [0.1, 0.15) is 6.42 Å². The summed E-state index contributed by atoms with van der Waals surface area (Å²) < 4.78 is 12.7. The summed E-state index contributed by atoms with van der Waals surface area (Å²) in [4.78, 5) is 12.7. The van der Waals surface area contributed by atoms with E-state index in [9.17, 15) is 9.18 Å². The molecule has 4 heteroatoms. The van der Waals surface area contributed by atoms with Crippen LogP contribution < -0.4 is 5.32 Å². The van der Waals surface area contributed by atoms with E-state index in [4.69, 9.17) is 0 Å². The van der Waals surface area contributed by atoms with Crippen molar-refractivity contribution in [2.75, 3.05) is 26.7 Å². The molecule has 1 aliphatic heterocycles. The highest BCUT2D eigenvalue weighted by atomic mass is 19.1. The van der Waals surface area contributed by atoms with Crippen LogP contribution >= 0.6 is 0 Å². The van der Waals surface area contributed by atoms with Crippen molar-refractivity contribution < 1.29 is 9.18 Å². The molecule has 0 aliphatic carbocycles. The fraction of sp³-hybridized carbons (Fsp3) is 0.667. The minimum atomic E-state index is -0.687. The van der Waals surface area contributed by atoms with Crippen molar-refractivity contribution in [3.63, 3.8) is 0 Å². The summed E-state index contributed by atoms with van der Waals surface area (Å²) in [5, 5.41) is 2.48. The Bertz CT molecular complexity index is 206. The number of amides is 1. The molecule has 3 nitrogen and oxygen atoms in total. The molecule has 1 saturated heterocycles. The Kier molecular flexibility index (Phi) is 3.89. The fourth-order valence-corrected chi connectivity index (χ4v) is 1.34. The Labute approximate surface area is 77.6 Å². The first kappa shape index (κ1) is 10.2. The minimum absolute atomic E-state index is 0.115. The number of halogens is 1. The summed E-state index contributed by atoms with van der Waals surface area (Å²) in [5.74, 6) is -0.115. The number of likely N-dealkylation sites (N-methyl/N-ethyl adjacent to an activating group) is 1. The Morgan fingerprint density at radius 1 is 1.77 bits per heavy atom. The normalized spacial score (nSPS) is 24.0. The van der Waals surface area contributed by atoms with E-state index >= 15 is 0 Å². The van der Waals surface area contributed by atoms with Crippen molar-refractivity contribution in [2.24, 2.45) is 0 Å². The first-order valence-corrected chi connectivity index (χ1v) is 4.47. The van der Waals surface area contributed by atoms with Crippen LogP contribution in [0.4, 0.5) is 4.39 Å². The standard InChI is InChI=1S/C9H15FN2O/c1-11-9(13)3-2-5-12-6-4-8(10)7-12/h2-3,8H,4-7H2,1H3,(H,11,13)/b3-2+. The zero-order chi connectivity index (χ0) is 9.68. The van der Waals surface area contributed by atoms with Gasteiger partial charge in [0.15, 0.2) is 0 Å². The number of nitrogens with one attached hydrogen (secondary N) is 1. The van der Waals surface area contributed by atoms with E-state index in [2.05, 4.69) is 5.32 Å². The van der Waals surface area contributed by atoms with E-state index in [-0.39, 0.29) is 5.91 Å². The molecule has 0 aromatic heterocycles. The van der Waals surface area contributed by atoms with Gasteiger partial charge in [-0.2, -0.15) is 0 Å². The summed E-state index contributed by atoms with van der Waals surface area (Å²) in [6.07, 6.45) is 3.17. The highest BCUT2D eigenvalue weighted by Gasteiger charge is 2.19. The van der Waals surface area contributed by atoms with Crippen molar-refractivity contribution in [3.8, 4) is 0 Å². The van der Waals surface area contributed by atoms with Gasteiger partial charge in [0.05, 0.1) is 0 Å². The molecule has 1 atom stereocenters. The summed E-state index contributed by atoms with van der Waals surface area (Å²) >= 11 is 0. The van der Waals surface area contributed by atoms with Crippen molar-refractivity contribution in [3.05, 3.63) is 12.2 Å². The lowest BCUT2D eigenvalue weighted by Gasteiger charge is -2.10. The monoisotopic (exact) mass is 186 g/mol. The minimum Gasteiger partial charge on any atom is -0.356 e. The maximum atomic E-state index is 12.7. The third-order valence-electron chi connectivity index (χ3n) is 2.09. The van der Waals surface area contributed by atoms with Crippen LogP contribution in [0.3, 0.4) is 0 Å². The number of rotatable bonds is 3. The predicted molar refractivity (Wildman–Crippen MR) is 49.2 cm³/mol. The maximum absolute atomic E-state index is 12.7. The number of likely N-dealkylation sites (tertiary alicyclic amines) is 1. The molecule has 0 aromatic carbocycles. The van der Waals surface area contributed by atoms with Crippen LogP contribution in [0.25, 0.3) is 0 Å². The zero-order valence-electron chi connectivity index (χ0n) is 7.79. The highest BCUT2D eigenvalue weighted by Crippen LogP contribution is 2.11. The highest BCUT2D eigenvalue weighted by molar-refractivity contribution is 5.87. The van der Waals surface area contributed by atoms with Crippen LogP contribution in [-0.4, -0.2) is 43.7 Å². The van der Waals surface area contributed by atoms with Crippen molar-refractivity contribution >= 4 is 5.91 Å². The van der Waals surface area contributed by atoms with Crippen LogP contribution in [0, 0.1) is 0 Å². The van der Waals surface area contributed by atoms with Gasteiger partial charge < -0.3 is 5.32 Å². The third-order valence-corrected chi connectivity index (χ3v) is 2.09. The van der Waals surface area contributed by atoms with Gasteiger partial charge in [-0.05, 0) is 6.42 Å². The van der Waals surface area contributed by atoms with Crippen LogP contribution in [0.5, 0.6) is 0 Å². The first-order valence-electron chi connectivity index (χ1n) is 4.47. The summed E-state index contributed by atoms with van der Waals surface area (Å²) in [6.45, 7) is 1.95. The maximum Gasteiger partial charge on any atom is 0.243 e. The average molecular weight is 186 g/mol. The molecule has 0 saturated carbocycles. The van der Waals surface area contributed by atoms with Gasteiger partial charge in [0.25, 0.3) is 0 Å². The number of alkyl halides is 1. The number of hydrogen-bond donors (Lipinski definition) is 1. The molecule has 1 unspecified atom stereocenters. The van der Waals surface area contributed by atoms with Crippen molar-refractivity contribution in [1.82, 2.24) is 10.2 Å². The molecule has 1 aliphatic rings. The van der Waals surface area contributed by atoms with Gasteiger partial charge in [0.2, 0.25) is 5.91 Å². The molecule has 0 spiro atoms. The molecular formula is C9H15FN2O. The van der Waals surface area contributed by atoms with Crippen molar-refractivity contribution in [2.45, 2.75) is 12.6 Å². The number of hydrogen-bond acceptors (Lipinski definition) is 2. The number of nitrogens with zero attached hydrogens (tertiary/aromatic N) is 1. The molecule has 1 rings (SSSR count). The molecule has 0 bridgehead atoms. The van der Waals surface area contributed by atoms with E-state index in [0.717, 1.165) is 6.54 Å². The van der Waals surface area contributed by atoms with Gasteiger partial charge in [-0.25, -0.2) is 4.39 Å². The van der Waals surface area contributed by atoms with E-state index in [1.54, 1.807) is 13.1 Å². The second-order valence-electron chi connectivity index (χ2n) is 3.16. The molecule has 1 amide bonds. The SMILES string of the molecule is CNC(=O)/C=C/CN1CCC(F)C1. The molecule has 13 heavy (non-hydrogen) atoms. The third kappa shape index (κ3) is 3.55.